The second kappa shape index (κ2) is 7.31. The van der Waals surface area contributed by atoms with Crippen molar-refractivity contribution in [3.05, 3.63) is 23.8 Å². The number of nitrogens with zero attached hydrogens (tertiary/aromatic N) is 1. The molecule has 0 unspecified atom stereocenters. The van der Waals surface area contributed by atoms with Crippen molar-refractivity contribution in [1.29, 1.82) is 0 Å². The molecular weight excluding hydrogens is 268 g/mol. The third-order valence-corrected chi connectivity index (χ3v) is 3.64. The largest absolute Gasteiger partial charge is 0.493 e. The molecule has 1 saturated carbocycles. The van der Waals surface area contributed by atoms with Gasteiger partial charge in [0.15, 0.2) is 18.1 Å². The molecule has 0 aromatic heterocycles. The maximum Gasteiger partial charge on any atom is 0.260 e. The van der Waals surface area contributed by atoms with Crippen LogP contribution >= 0.6 is 0 Å². The lowest BCUT2D eigenvalue weighted by Crippen LogP contribution is -2.36. The summed E-state index contributed by atoms with van der Waals surface area (Å²) >= 11 is 0. The second-order valence-electron chi connectivity index (χ2n) is 5.18. The monoisotopic (exact) mass is 292 g/mol. The minimum atomic E-state index is 0.0429. The van der Waals surface area contributed by atoms with Gasteiger partial charge in [-0.15, -0.1) is 0 Å². The Morgan fingerprint density at radius 2 is 2.19 bits per heavy atom. The quantitative estimate of drug-likeness (QED) is 0.794. The van der Waals surface area contributed by atoms with Gasteiger partial charge in [-0.05, 0) is 32.9 Å². The highest BCUT2D eigenvalue weighted by molar-refractivity contribution is 5.78. The fourth-order valence-corrected chi connectivity index (χ4v) is 2.46. The van der Waals surface area contributed by atoms with Gasteiger partial charge >= 0.3 is 0 Å². The van der Waals surface area contributed by atoms with E-state index >= 15 is 0 Å². The molecule has 2 rings (SSSR count). The Morgan fingerprint density at radius 1 is 1.43 bits per heavy atom. The number of nitrogens with one attached hydrogen (secondary N) is 1. The summed E-state index contributed by atoms with van der Waals surface area (Å²) in [7, 11) is 3.48. The molecule has 1 fully saturated rings. The number of hydrogen-bond acceptors (Lipinski definition) is 4. The van der Waals surface area contributed by atoms with Crippen molar-refractivity contribution < 1.29 is 14.3 Å². The number of ether oxygens (including phenoxy) is 2. The van der Waals surface area contributed by atoms with Crippen molar-refractivity contribution in [1.82, 2.24) is 10.2 Å². The smallest absolute Gasteiger partial charge is 0.260 e. The molecule has 5 nitrogen and oxygen atoms in total. The molecule has 0 atom stereocenters. The van der Waals surface area contributed by atoms with Crippen LogP contribution in [-0.4, -0.2) is 44.2 Å². The van der Waals surface area contributed by atoms with Gasteiger partial charge in [0.2, 0.25) is 0 Å². The van der Waals surface area contributed by atoms with Crippen LogP contribution in [-0.2, 0) is 11.3 Å². The third kappa shape index (κ3) is 3.88. The molecule has 0 saturated heterocycles. The van der Waals surface area contributed by atoms with Gasteiger partial charge in [-0.3, -0.25) is 4.79 Å². The molecule has 116 valence electrons. The highest BCUT2D eigenvalue weighted by Crippen LogP contribution is 2.31. The van der Waals surface area contributed by atoms with E-state index in [1.807, 2.05) is 37.1 Å². The first-order valence-corrected chi connectivity index (χ1v) is 7.44. The van der Waals surface area contributed by atoms with Crippen LogP contribution in [0.2, 0.25) is 0 Å². The summed E-state index contributed by atoms with van der Waals surface area (Å²) in [5.74, 6) is 1.35. The third-order valence-electron chi connectivity index (χ3n) is 3.64. The molecule has 21 heavy (non-hydrogen) atoms. The van der Waals surface area contributed by atoms with Gasteiger partial charge in [0.05, 0.1) is 7.11 Å². The van der Waals surface area contributed by atoms with Crippen molar-refractivity contribution in [2.75, 3.05) is 27.3 Å². The van der Waals surface area contributed by atoms with Gasteiger partial charge in [-0.25, -0.2) is 0 Å². The summed E-state index contributed by atoms with van der Waals surface area (Å²) in [5.41, 5.74) is 0.985. The number of methoxy groups -OCH3 is 1. The SMILES string of the molecule is CCN(C(=O)COc1c(CNC)cccc1OC)C1CC1. The van der Waals surface area contributed by atoms with Crippen LogP contribution in [0.3, 0.4) is 0 Å². The highest BCUT2D eigenvalue weighted by atomic mass is 16.5. The molecule has 0 radical (unpaired) electrons. The molecule has 1 N–H and O–H groups in total. The lowest BCUT2D eigenvalue weighted by molar-refractivity contribution is -0.133. The number of benzene rings is 1. The summed E-state index contributed by atoms with van der Waals surface area (Å²) in [6.45, 7) is 3.47. The molecule has 1 aliphatic carbocycles. The maximum atomic E-state index is 12.2. The Bertz CT molecular complexity index is 486. The molecule has 0 spiro atoms. The van der Waals surface area contributed by atoms with E-state index in [-0.39, 0.29) is 12.5 Å². The van der Waals surface area contributed by atoms with E-state index in [2.05, 4.69) is 5.32 Å². The maximum absolute atomic E-state index is 12.2. The second-order valence-corrected chi connectivity index (χ2v) is 5.18. The molecule has 1 aromatic carbocycles. The number of carbonyl (C=O) groups is 1. The van der Waals surface area contributed by atoms with Crippen LogP contribution in [0, 0.1) is 0 Å². The van der Waals surface area contributed by atoms with E-state index in [4.69, 9.17) is 9.47 Å². The Morgan fingerprint density at radius 3 is 2.76 bits per heavy atom. The highest BCUT2D eigenvalue weighted by Gasteiger charge is 2.31. The van der Waals surface area contributed by atoms with Crippen molar-refractivity contribution >= 4 is 5.91 Å². The number of carbonyl (C=O) groups excluding carboxylic acids is 1. The van der Waals surface area contributed by atoms with Gasteiger partial charge in [0.1, 0.15) is 0 Å². The summed E-state index contributed by atoms with van der Waals surface area (Å²) in [5, 5.41) is 3.09. The molecule has 0 aliphatic heterocycles. The lowest BCUT2D eigenvalue weighted by Gasteiger charge is -2.21. The fraction of sp³-hybridized carbons (Fsp3) is 0.562. The van der Waals surface area contributed by atoms with Crippen LogP contribution in [0.15, 0.2) is 18.2 Å². The molecule has 0 heterocycles. The Hall–Kier alpha value is -1.75. The van der Waals surface area contributed by atoms with Crippen molar-refractivity contribution in [2.24, 2.45) is 0 Å². The van der Waals surface area contributed by atoms with Crippen molar-refractivity contribution in [2.45, 2.75) is 32.4 Å². The molecule has 1 aromatic rings. The standard InChI is InChI=1S/C16H24N2O3/c1-4-18(13-8-9-13)15(19)11-21-16-12(10-17-2)6-5-7-14(16)20-3/h5-7,13,17H,4,8-11H2,1-3H3. The predicted molar refractivity (Wildman–Crippen MR) is 81.7 cm³/mol. The van der Waals surface area contributed by atoms with Gasteiger partial charge in [-0.1, -0.05) is 12.1 Å². The van der Waals surface area contributed by atoms with Crippen molar-refractivity contribution in [3.63, 3.8) is 0 Å². The average Bonchev–Trinajstić information content (AvgIpc) is 3.31. The van der Waals surface area contributed by atoms with Crippen LogP contribution in [0.25, 0.3) is 0 Å². The minimum Gasteiger partial charge on any atom is -0.493 e. The Balaban J connectivity index is 2.05. The summed E-state index contributed by atoms with van der Waals surface area (Å²) < 4.78 is 11.1. The predicted octanol–water partition coefficient (Wildman–Crippen LogP) is 1.80. The zero-order valence-electron chi connectivity index (χ0n) is 13.0. The van der Waals surface area contributed by atoms with Crippen LogP contribution in [0.5, 0.6) is 11.5 Å². The van der Waals surface area contributed by atoms with Gasteiger partial charge in [0.25, 0.3) is 5.91 Å². The number of likely N-dealkylation sites (N-methyl/N-ethyl adjacent to an activating group) is 1. The Kier molecular flexibility index (Phi) is 5.44. The van der Waals surface area contributed by atoms with E-state index in [1.165, 1.54) is 0 Å². The Labute approximate surface area is 126 Å². The summed E-state index contributed by atoms with van der Waals surface area (Å²) in [6, 6.07) is 6.15. The first kappa shape index (κ1) is 15.6. The van der Waals surface area contributed by atoms with E-state index in [9.17, 15) is 4.79 Å². The first-order valence-electron chi connectivity index (χ1n) is 7.44. The fourth-order valence-electron chi connectivity index (χ4n) is 2.46. The number of amides is 1. The molecule has 1 aliphatic rings. The first-order chi connectivity index (χ1) is 10.2. The number of rotatable bonds is 8. The van der Waals surface area contributed by atoms with E-state index in [0.717, 1.165) is 24.9 Å². The van der Waals surface area contributed by atoms with Gasteiger partial charge < -0.3 is 19.7 Å². The molecular formula is C16H24N2O3. The summed E-state index contributed by atoms with van der Waals surface area (Å²) in [6.07, 6.45) is 2.22. The minimum absolute atomic E-state index is 0.0429. The molecule has 1 amide bonds. The van der Waals surface area contributed by atoms with Crippen LogP contribution in [0.4, 0.5) is 0 Å². The van der Waals surface area contributed by atoms with E-state index in [1.54, 1.807) is 7.11 Å². The van der Waals surface area contributed by atoms with Gasteiger partial charge in [-0.2, -0.15) is 0 Å². The average molecular weight is 292 g/mol. The topological polar surface area (TPSA) is 50.8 Å². The number of para-hydroxylation sites is 1. The molecule has 0 bridgehead atoms. The van der Waals surface area contributed by atoms with Crippen LogP contribution in [0.1, 0.15) is 25.3 Å². The lowest BCUT2D eigenvalue weighted by atomic mass is 10.2. The summed E-state index contributed by atoms with van der Waals surface area (Å²) in [4.78, 5) is 14.1. The normalized spacial score (nSPS) is 13.9. The number of hydrogen-bond donors (Lipinski definition) is 1. The molecule has 5 heteroatoms. The van der Waals surface area contributed by atoms with E-state index < -0.39 is 0 Å². The zero-order valence-corrected chi connectivity index (χ0v) is 13.0. The zero-order chi connectivity index (χ0) is 15.2. The van der Waals surface area contributed by atoms with E-state index in [0.29, 0.717) is 24.1 Å². The van der Waals surface area contributed by atoms with Crippen molar-refractivity contribution in [3.8, 4) is 11.5 Å². The van der Waals surface area contributed by atoms with Crippen LogP contribution < -0.4 is 14.8 Å². The van der Waals surface area contributed by atoms with Gasteiger partial charge in [0, 0.05) is 24.7 Å².